The largest absolute Gasteiger partial charge is 0.487 e. The lowest BCUT2D eigenvalue weighted by molar-refractivity contribution is -0.139. The summed E-state index contributed by atoms with van der Waals surface area (Å²) in [5.41, 5.74) is 13.2. The Kier molecular flexibility index (Phi) is 8.04. The summed E-state index contributed by atoms with van der Waals surface area (Å²) >= 11 is 1.42. The predicted octanol–water partition coefficient (Wildman–Crippen LogP) is 5.49. The number of anilines is 1. The Morgan fingerprint density at radius 1 is 1.15 bits per heavy atom. The maximum absolute atomic E-state index is 13.7. The molecule has 0 aliphatic carbocycles. The van der Waals surface area contributed by atoms with Crippen molar-refractivity contribution in [1.82, 2.24) is 9.97 Å². The smallest absolute Gasteiger partial charge is 0.417 e. The van der Waals surface area contributed by atoms with Gasteiger partial charge in [-0.3, -0.25) is 0 Å². The van der Waals surface area contributed by atoms with E-state index in [9.17, 15) is 19.1 Å². The fourth-order valence-corrected chi connectivity index (χ4v) is 5.83. The van der Waals surface area contributed by atoms with Gasteiger partial charge in [0.15, 0.2) is 11.6 Å². The van der Waals surface area contributed by atoms with Crippen LogP contribution in [0.5, 0.6) is 5.75 Å². The molecule has 0 spiro atoms. The first-order valence-corrected chi connectivity index (χ1v) is 13.6. The number of benzene rings is 2. The molecule has 40 heavy (non-hydrogen) atoms. The van der Waals surface area contributed by atoms with Crippen LogP contribution in [-0.4, -0.2) is 45.8 Å². The molecule has 8 nitrogen and oxygen atoms in total. The van der Waals surface area contributed by atoms with E-state index in [4.69, 9.17) is 9.47 Å². The zero-order valence-electron chi connectivity index (χ0n) is 21.8. The number of nitrogens with zero attached hydrogens (tertiary/aromatic N) is 5. The summed E-state index contributed by atoms with van der Waals surface area (Å²) in [5, 5.41) is 0.243. The first-order chi connectivity index (χ1) is 19.4. The lowest BCUT2D eigenvalue weighted by Gasteiger charge is -2.20. The van der Waals surface area contributed by atoms with E-state index in [1.54, 1.807) is 25.3 Å². The molecule has 0 N–H and O–H groups in total. The van der Waals surface area contributed by atoms with Crippen molar-refractivity contribution in [2.45, 2.75) is 25.3 Å². The van der Waals surface area contributed by atoms with Gasteiger partial charge in [-0.1, -0.05) is 18.2 Å². The summed E-state index contributed by atoms with van der Waals surface area (Å²) in [4.78, 5) is 26.5. The average Bonchev–Trinajstić information content (AvgIpc) is 3.07. The van der Waals surface area contributed by atoms with Crippen LogP contribution in [0, 0.1) is 11.6 Å². The van der Waals surface area contributed by atoms with Crippen LogP contribution in [-0.2, 0) is 22.7 Å². The summed E-state index contributed by atoms with van der Waals surface area (Å²) < 4.78 is 38.4. The van der Waals surface area contributed by atoms with E-state index < -0.39 is 17.6 Å². The van der Waals surface area contributed by atoms with Crippen molar-refractivity contribution in [3.05, 3.63) is 100 Å². The van der Waals surface area contributed by atoms with Crippen LogP contribution in [0.15, 0.2) is 60.8 Å². The average molecular weight is 562 g/mol. The summed E-state index contributed by atoms with van der Waals surface area (Å²) in [6, 6.07) is 15.2. The molecule has 11 heteroatoms. The first kappa shape index (κ1) is 27.2. The molecular weight excluding hydrogens is 536 g/mol. The minimum Gasteiger partial charge on any atom is -0.487 e. The van der Waals surface area contributed by atoms with Gasteiger partial charge in [-0.2, -0.15) is 4.79 Å². The van der Waals surface area contributed by atoms with E-state index in [1.807, 2.05) is 37.4 Å². The van der Waals surface area contributed by atoms with Gasteiger partial charge in [-0.05, 0) is 48.4 Å². The fraction of sp³-hybridized carbons (Fsp3) is 0.241. The van der Waals surface area contributed by atoms with E-state index in [-0.39, 0.29) is 29.9 Å². The second kappa shape index (κ2) is 11.8. The minimum absolute atomic E-state index is 0.0810. The number of hydrogen-bond acceptors (Lipinski definition) is 7. The fourth-order valence-electron chi connectivity index (χ4n) is 4.56. The summed E-state index contributed by atoms with van der Waals surface area (Å²) in [6.45, 7) is 2.58. The molecule has 4 aromatic rings. The molecule has 204 valence electrons. The monoisotopic (exact) mass is 561 g/mol. The van der Waals surface area contributed by atoms with Gasteiger partial charge in [0.1, 0.15) is 23.9 Å². The number of fused-ring (bicyclic) bond motifs is 3. The third-order valence-electron chi connectivity index (χ3n) is 6.46. The molecule has 3 heterocycles. The van der Waals surface area contributed by atoms with Crippen LogP contribution in [0.2, 0.25) is 0 Å². The van der Waals surface area contributed by atoms with Gasteiger partial charge in [-0.15, -0.1) is 11.8 Å². The number of esters is 1. The molecule has 1 aliphatic heterocycles. The molecule has 2 aromatic carbocycles. The van der Waals surface area contributed by atoms with Crippen LogP contribution in [0.1, 0.15) is 34.6 Å². The number of hydrogen-bond donors (Lipinski definition) is 0. The Balaban J connectivity index is 1.44. The van der Waals surface area contributed by atoms with E-state index in [2.05, 4.69) is 19.7 Å². The summed E-state index contributed by atoms with van der Waals surface area (Å²) in [7, 11) is 1.96. The third-order valence-corrected chi connectivity index (χ3v) is 7.74. The van der Waals surface area contributed by atoms with Crippen molar-refractivity contribution in [2.75, 3.05) is 24.3 Å². The van der Waals surface area contributed by atoms with E-state index >= 15 is 0 Å². The number of halogens is 2. The second-order valence-electron chi connectivity index (χ2n) is 9.14. The van der Waals surface area contributed by atoms with Gasteiger partial charge < -0.3 is 19.9 Å². The molecule has 5 rings (SSSR count). The molecule has 0 bridgehead atoms. The van der Waals surface area contributed by atoms with Crippen molar-refractivity contribution in [3.63, 3.8) is 0 Å². The Morgan fingerprint density at radius 3 is 2.77 bits per heavy atom. The van der Waals surface area contributed by atoms with Gasteiger partial charge >= 0.3 is 11.7 Å². The van der Waals surface area contributed by atoms with Gasteiger partial charge in [0, 0.05) is 36.8 Å². The maximum Gasteiger partial charge on any atom is 0.417 e. The molecular formula is C29H25F2N5O3S. The Hall–Kier alpha value is -4.34. The second-order valence-corrected chi connectivity index (χ2v) is 10.2. The SMILES string of the molecule is CCOC(=O)C(CS[C@@H]1c2cc(OCc3ccc4cc(F)c(F)cc4n3)ccc2CN(C)c2ncccc21)=[N+]=[N-]. The highest BCUT2D eigenvalue weighted by Crippen LogP contribution is 2.44. The molecule has 0 saturated carbocycles. The Labute approximate surface area is 233 Å². The quantitative estimate of drug-likeness (QED) is 0.121. The third kappa shape index (κ3) is 5.66. The highest BCUT2D eigenvalue weighted by Gasteiger charge is 2.31. The standard InChI is InChI=1S/C29H25F2N5O3S/c1-3-38-29(37)26(35-32)16-40-27-21-5-4-10-33-28(21)36(2)14-18-7-9-20(12-22(18)27)39-15-19-8-6-17-11-23(30)24(31)13-25(17)34-19/h4-13,27H,3,14-16H2,1-2H3/t27-/m0/s1. The molecule has 0 unspecified atom stereocenters. The zero-order chi connectivity index (χ0) is 28.2. The minimum atomic E-state index is -0.954. The van der Waals surface area contributed by atoms with Crippen molar-refractivity contribution in [1.29, 1.82) is 0 Å². The molecule has 1 aliphatic rings. The van der Waals surface area contributed by atoms with Crippen LogP contribution < -0.4 is 9.64 Å². The molecule has 0 radical (unpaired) electrons. The lowest BCUT2D eigenvalue weighted by Crippen LogP contribution is -2.21. The Morgan fingerprint density at radius 2 is 1.98 bits per heavy atom. The number of ether oxygens (including phenoxy) is 2. The molecule has 1 atom stereocenters. The van der Waals surface area contributed by atoms with Crippen molar-refractivity contribution < 1.29 is 27.8 Å². The van der Waals surface area contributed by atoms with Crippen LogP contribution >= 0.6 is 11.8 Å². The number of aromatic nitrogens is 2. The van der Waals surface area contributed by atoms with Crippen molar-refractivity contribution in [3.8, 4) is 5.75 Å². The van der Waals surface area contributed by atoms with Crippen molar-refractivity contribution in [2.24, 2.45) is 0 Å². The van der Waals surface area contributed by atoms with E-state index in [0.717, 1.165) is 34.6 Å². The molecule has 0 fully saturated rings. The number of thioether (sulfide) groups is 1. The number of pyridine rings is 2. The topological polar surface area (TPSA) is 101 Å². The zero-order valence-corrected chi connectivity index (χ0v) is 22.6. The van der Waals surface area contributed by atoms with Gasteiger partial charge in [0.25, 0.3) is 0 Å². The highest BCUT2D eigenvalue weighted by atomic mass is 32.2. The Bertz CT molecular complexity index is 1640. The molecule has 0 amide bonds. The van der Waals surface area contributed by atoms with Gasteiger partial charge in [0.05, 0.1) is 23.1 Å². The number of carbonyl (C=O) groups excluding carboxylic acids is 1. The van der Waals surface area contributed by atoms with Crippen LogP contribution in [0.3, 0.4) is 0 Å². The number of rotatable bonds is 8. The van der Waals surface area contributed by atoms with Crippen LogP contribution in [0.25, 0.3) is 16.4 Å². The van der Waals surface area contributed by atoms with Gasteiger partial charge in [-0.25, -0.2) is 23.5 Å². The van der Waals surface area contributed by atoms with Crippen molar-refractivity contribution >= 4 is 40.2 Å². The van der Waals surface area contributed by atoms with Crippen LogP contribution in [0.4, 0.5) is 14.6 Å². The summed E-state index contributed by atoms with van der Waals surface area (Å²) in [6.07, 6.45) is 1.73. The predicted molar refractivity (Wildman–Crippen MR) is 148 cm³/mol. The first-order valence-electron chi connectivity index (χ1n) is 12.5. The van der Waals surface area contributed by atoms with Gasteiger partial charge in [0.2, 0.25) is 0 Å². The van der Waals surface area contributed by atoms with E-state index in [0.29, 0.717) is 28.9 Å². The normalized spacial score (nSPS) is 14.1. The van der Waals surface area contributed by atoms with E-state index in [1.165, 1.54) is 11.8 Å². The summed E-state index contributed by atoms with van der Waals surface area (Å²) in [5.74, 6) is -1.03. The maximum atomic E-state index is 13.7. The highest BCUT2D eigenvalue weighted by molar-refractivity contribution is 8.00. The molecule has 2 aromatic heterocycles. The number of carbonyl (C=O) groups is 1. The lowest BCUT2D eigenvalue weighted by atomic mass is 10.0. The molecule has 0 saturated heterocycles.